The lowest BCUT2D eigenvalue weighted by molar-refractivity contribution is -0.147. The zero-order valence-corrected chi connectivity index (χ0v) is 16.0. The molecule has 2 rings (SSSR count). The first-order valence-corrected chi connectivity index (χ1v) is 9.26. The first kappa shape index (κ1) is 20.0. The Morgan fingerprint density at radius 2 is 1.76 bits per heavy atom. The molecule has 7 nitrogen and oxygen atoms in total. The highest BCUT2D eigenvalue weighted by Crippen LogP contribution is 2.15. The Hall–Kier alpha value is -1.34. The molecular weight excluding hydrogens is 324 g/mol. The molecule has 0 aromatic heterocycles. The lowest BCUT2D eigenvalue weighted by atomic mass is 10.1. The van der Waals surface area contributed by atoms with Crippen LogP contribution in [0.1, 0.15) is 47.0 Å². The zero-order valence-electron chi connectivity index (χ0n) is 16.0. The second-order valence-electron chi connectivity index (χ2n) is 7.76. The van der Waals surface area contributed by atoms with Crippen LogP contribution in [-0.2, 0) is 19.0 Å². The summed E-state index contributed by atoms with van der Waals surface area (Å²) in [6, 6.07) is 0. The number of ether oxygens (including phenoxy) is 3. The molecule has 144 valence electrons. The highest BCUT2D eigenvalue weighted by Gasteiger charge is 2.30. The van der Waals surface area contributed by atoms with E-state index in [1.54, 1.807) is 16.7 Å². The van der Waals surface area contributed by atoms with Gasteiger partial charge in [0.15, 0.2) is 0 Å². The molecule has 0 radical (unpaired) electrons. The largest absolute Gasteiger partial charge is 0.444 e. The molecule has 2 amide bonds. The van der Waals surface area contributed by atoms with E-state index >= 15 is 0 Å². The molecule has 0 bridgehead atoms. The van der Waals surface area contributed by atoms with Crippen LogP contribution in [0.3, 0.4) is 0 Å². The maximum absolute atomic E-state index is 12.5. The van der Waals surface area contributed by atoms with Crippen molar-refractivity contribution >= 4 is 12.0 Å². The smallest absolute Gasteiger partial charge is 0.410 e. The molecule has 0 aromatic rings. The summed E-state index contributed by atoms with van der Waals surface area (Å²) in [5.74, 6) is -0.0281. The Morgan fingerprint density at radius 1 is 1.12 bits per heavy atom. The molecule has 0 aliphatic carbocycles. The quantitative estimate of drug-likeness (QED) is 0.771. The Labute approximate surface area is 150 Å². The van der Waals surface area contributed by atoms with Crippen molar-refractivity contribution in [3.8, 4) is 0 Å². The third-order valence-electron chi connectivity index (χ3n) is 4.40. The molecular formula is C18H32N2O5. The minimum absolute atomic E-state index is 0.0281. The van der Waals surface area contributed by atoms with Crippen LogP contribution in [0.15, 0.2) is 0 Å². The summed E-state index contributed by atoms with van der Waals surface area (Å²) in [6.07, 6.45) is 2.55. The van der Waals surface area contributed by atoms with Crippen molar-refractivity contribution in [1.82, 2.24) is 9.80 Å². The minimum Gasteiger partial charge on any atom is -0.444 e. The Morgan fingerprint density at radius 3 is 2.32 bits per heavy atom. The lowest BCUT2D eigenvalue weighted by Gasteiger charge is -2.36. The Balaban J connectivity index is 1.71. The number of amides is 2. The zero-order chi connectivity index (χ0) is 18.4. The van der Waals surface area contributed by atoms with Gasteiger partial charge in [-0.05, 0) is 47.0 Å². The second kappa shape index (κ2) is 8.85. The maximum Gasteiger partial charge on any atom is 0.410 e. The average Bonchev–Trinajstić information content (AvgIpc) is 2.58. The van der Waals surface area contributed by atoms with E-state index in [9.17, 15) is 9.59 Å². The predicted molar refractivity (Wildman–Crippen MR) is 93.4 cm³/mol. The molecule has 2 atom stereocenters. The number of carbonyl (C=O) groups is 2. The number of rotatable bonds is 4. The third-order valence-corrected chi connectivity index (χ3v) is 4.40. The van der Waals surface area contributed by atoms with Crippen molar-refractivity contribution in [2.75, 3.05) is 39.4 Å². The van der Waals surface area contributed by atoms with E-state index in [0.717, 1.165) is 25.9 Å². The number of piperazine rings is 1. The van der Waals surface area contributed by atoms with Crippen LogP contribution in [0, 0.1) is 0 Å². The van der Waals surface area contributed by atoms with Crippen molar-refractivity contribution in [3.63, 3.8) is 0 Å². The molecule has 2 unspecified atom stereocenters. The van der Waals surface area contributed by atoms with Gasteiger partial charge >= 0.3 is 6.09 Å². The number of carbonyl (C=O) groups excluding carboxylic acids is 2. The number of nitrogens with zero attached hydrogens (tertiary/aromatic N) is 2. The van der Waals surface area contributed by atoms with Gasteiger partial charge in [0.25, 0.3) is 5.91 Å². The highest BCUT2D eigenvalue weighted by atomic mass is 16.6. The van der Waals surface area contributed by atoms with Gasteiger partial charge in [-0.25, -0.2) is 4.79 Å². The van der Waals surface area contributed by atoms with E-state index in [1.807, 2.05) is 20.8 Å². The predicted octanol–water partition coefficient (Wildman–Crippen LogP) is 2.04. The van der Waals surface area contributed by atoms with Gasteiger partial charge in [0.1, 0.15) is 11.7 Å². The van der Waals surface area contributed by atoms with E-state index in [4.69, 9.17) is 14.2 Å². The van der Waals surface area contributed by atoms with E-state index in [0.29, 0.717) is 32.8 Å². The van der Waals surface area contributed by atoms with E-state index in [-0.39, 0.29) is 18.1 Å². The van der Waals surface area contributed by atoms with Crippen molar-refractivity contribution in [3.05, 3.63) is 0 Å². The fourth-order valence-electron chi connectivity index (χ4n) is 2.95. The van der Waals surface area contributed by atoms with E-state index in [2.05, 4.69) is 0 Å². The van der Waals surface area contributed by atoms with Crippen molar-refractivity contribution in [1.29, 1.82) is 0 Å². The monoisotopic (exact) mass is 356 g/mol. The number of hydrogen-bond acceptors (Lipinski definition) is 5. The standard InChI is InChI=1S/C18H32N2O5/c1-14(24-13-15-7-5-6-12-23-15)16(21)19-8-10-20(11-9-19)17(22)25-18(2,3)4/h14-15H,5-13H2,1-4H3. The summed E-state index contributed by atoms with van der Waals surface area (Å²) in [6.45, 7) is 10.5. The molecule has 2 saturated heterocycles. The van der Waals surface area contributed by atoms with Crippen molar-refractivity contribution in [2.24, 2.45) is 0 Å². The first-order valence-electron chi connectivity index (χ1n) is 9.26. The van der Waals surface area contributed by atoms with Gasteiger partial charge in [0.05, 0.1) is 12.7 Å². The number of hydrogen-bond donors (Lipinski definition) is 0. The van der Waals surface area contributed by atoms with E-state index < -0.39 is 11.7 Å². The van der Waals surface area contributed by atoms with Gasteiger partial charge in [0, 0.05) is 32.8 Å². The molecule has 0 saturated carbocycles. The fourth-order valence-corrected chi connectivity index (χ4v) is 2.95. The highest BCUT2D eigenvalue weighted by molar-refractivity contribution is 5.81. The average molecular weight is 356 g/mol. The molecule has 2 aliphatic rings. The van der Waals surface area contributed by atoms with Gasteiger partial charge in [-0.3, -0.25) is 4.79 Å². The van der Waals surface area contributed by atoms with Gasteiger partial charge in [-0.1, -0.05) is 0 Å². The van der Waals surface area contributed by atoms with Gasteiger partial charge in [-0.15, -0.1) is 0 Å². The van der Waals surface area contributed by atoms with Gasteiger partial charge < -0.3 is 24.0 Å². The van der Waals surface area contributed by atoms with Gasteiger partial charge in [-0.2, -0.15) is 0 Å². The molecule has 25 heavy (non-hydrogen) atoms. The van der Waals surface area contributed by atoms with E-state index in [1.165, 1.54) is 0 Å². The fraction of sp³-hybridized carbons (Fsp3) is 0.889. The summed E-state index contributed by atoms with van der Waals surface area (Å²) in [4.78, 5) is 28.0. The summed E-state index contributed by atoms with van der Waals surface area (Å²) in [7, 11) is 0. The van der Waals surface area contributed by atoms with Gasteiger partial charge in [0.2, 0.25) is 0 Å². The summed E-state index contributed by atoms with van der Waals surface area (Å²) < 4.78 is 16.7. The second-order valence-corrected chi connectivity index (χ2v) is 7.76. The third kappa shape index (κ3) is 6.47. The summed E-state index contributed by atoms with van der Waals surface area (Å²) in [5, 5.41) is 0. The Kier molecular flexibility index (Phi) is 7.07. The van der Waals surface area contributed by atoms with Crippen LogP contribution < -0.4 is 0 Å². The Bertz CT molecular complexity index is 449. The molecule has 0 aromatic carbocycles. The van der Waals surface area contributed by atoms with Crippen LogP contribution in [-0.4, -0.2) is 79.0 Å². The maximum atomic E-state index is 12.5. The SMILES string of the molecule is CC(OCC1CCCCO1)C(=O)N1CCN(C(=O)OC(C)(C)C)CC1. The summed E-state index contributed by atoms with van der Waals surface area (Å²) >= 11 is 0. The van der Waals surface area contributed by atoms with Crippen LogP contribution in [0.25, 0.3) is 0 Å². The summed E-state index contributed by atoms with van der Waals surface area (Å²) in [5.41, 5.74) is -0.506. The molecule has 2 heterocycles. The van der Waals surface area contributed by atoms with Crippen molar-refractivity contribution < 1.29 is 23.8 Å². The molecule has 2 fully saturated rings. The molecule has 7 heteroatoms. The molecule has 0 spiro atoms. The molecule has 2 aliphatic heterocycles. The van der Waals surface area contributed by atoms with Crippen molar-refractivity contribution in [2.45, 2.75) is 64.8 Å². The first-order chi connectivity index (χ1) is 11.8. The normalized spacial score (nSPS) is 23.3. The topological polar surface area (TPSA) is 68.3 Å². The van der Waals surface area contributed by atoms with Crippen LogP contribution in [0.5, 0.6) is 0 Å². The molecule has 0 N–H and O–H groups in total. The minimum atomic E-state index is -0.506. The van der Waals surface area contributed by atoms with Crippen LogP contribution in [0.2, 0.25) is 0 Å². The van der Waals surface area contributed by atoms with Crippen LogP contribution >= 0.6 is 0 Å². The van der Waals surface area contributed by atoms with Crippen LogP contribution in [0.4, 0.5) is 4.79 Å². The lowest BCUT2D eigenvalue weighted by Crippen LogP contribution is -2.53.